The number of fused-ring (bicyclic) bond motifs is 1. The van der Waals surface area contributed by atoms with Crippen LogP contribution in [0, 0.1) is 6.92 Å². The lowest BCUT2D eigenvalue weighted by Gasteiger charge is -2.36. The maximum atomic E-state index is 10.3. The average molecular weight is 520 g/mol. The maximum absolute atomic E-state index is 10.3. The molecule has 0 aliphatic carbocycles. The van der Waals surface area contributed by atoms with Crippen LogP contribution in [0.15, 0.2) is 59.2 Å². The number of aromatic nitrogens is 5. The first kappa shape index (κ1) is 24.6. The predicted octanol–water partition coefficient (Wildman–Crippen LogP) is 4.55. The van der Waals surface area contributed by atoms with Crippen LogP contribution in [-0.4, -0.2) is 65.9 Å². The third-order valence-electron chi connectivity index (χ3n) is 6.16. The molecule has 0 radical (unpaired) electrons. The van der Waals surface area contributed by atoms with Gasteiger partial charge in [0, 0.05) is 31.0 Å². The van der Waals surface area contributed by atoms with Crippen LogP contribution < -0.4 is 10.1 Å². The number of hydrogen-bond donors (Lipinski definition) is 2. The van der Waals surface area contributed by atoms with E-state index >= 15 is 0 Å². The molecule has 2 N–H and O–H groups in total. The highest BCUT2D eigenvalue weighted by molar-refractivity contribution is 6.32. The van der Waals surface area contributed by atoms with Gasteiger partial charge in [0.05, 0.1) is 16.3 Å². The Morgan fingerprint density at radius 2 is 1.97 bits per heavy atom. The normalized spacial score (nSPS) is 15.6. The molecule has 0 atom stereocenters. The van der Waals surface area contributed by atoms with Gasteiger partial charge in [-0.15, -0.1) is 0 Å². The molecule has 4 aromatic rings. The molecule has 190 valence electrons. The number of nitrogens with zero attached hydrogens (tertiary/aromatic N) is 8. The lowest BCUT2D eigenvalue weighted by molar-refractivity contribution is 0.00973. The van der Waals surface area contributed by atoms with E-state index in [1.807, 2.05) is 24.8 Å². The molecule has 1 aliphatic heterocycles. The van der Waals surface area contributed by atoms with Crippen LogP contribution in [0.1, 0.15) is 25.5 Å². The molecule has 4 heterocycles. The zero-order chi connectivity index (χ0) is 26.0. The number of piperidine rings is 1. The van der Waals surface area contributed by atoms with Crippen LogP contribution in [0.2, 0.25) is 5.02 Å². The van der Waals surface area contributed by atoms with E-state index in [2.05, 4.69) is 37.1 Å². The molecule has 12 heteroatoms. The summed E-state index contributed by atoms with van der Waals surface area (Å²) in [4.78, 5) is 23.7. The zero-order valence-electron chi connectivity index (χ0n) is 20.5. The van der Waals surface area contributed by atoms with Crippen LogP contribution in [0.3, 0.4) is 0 Å². The quantitative estimate of drug-likeness (QED) is 0.290. The monoisotopic (exact) mass is 519 g/mol. The van der Waals surface area contributed by atoms with Gasteiger partial charge in [-0.25, -0.2) is 29.5 Å². The molecule has 11 nitrogen and oxygen atoms in total. The molecule has 1 fully saturated rings. The number of guanidine groups is 1. The number of hydrogen-bond acceptors (Lipinski definition) is 8. The van der Waals surface area contributed by atoms with Gasteiger partial charge in [-0.05, 0) is 57.7 Å². The second kappa shape index (κ2) is 10.1. The van der Waals surface area contributed by atoms with Crippen molar-refractivity contribution in [3.05, 3.63) is 59.9 Å². The first-order valence-electron chi connectivity index (χ1n) is 11.7. The van der Waals surface area contributed by atoms with E-state index in [-0.39, 0.29) is 0 Å². The Morgan fingerprint density at radius 1 is 1.16 bits per heavy atom. The summed E-state index contributed by atoms with van der Waals surface area (Å²) in [5.41, 5.74) is 1.90. The Labute approximate surface area is 218 Å². The SMILES string of the molecule is C=N/C(=N\c1c(C)ncnc1Nc1ccc(Oc2ccn3ncnc3c2)c(Cl)c1)N1CCC(C)(O)CC1. The predicted molar refractivity (Wildman–Crippen MR) is 143 cm³/mol. The van der Waals surface area contributed by atoms with Gasteiger partial charge in [0.2, 0.25) is 5.96 Å². The average Bonchev–Trinajstić information content (AvgIpc) is 3.34. The number of halogens is 1. The van der Waals surface area contributed by atoms with E-state index in [1.54, 1.807) is 35.0 Å². The van der Waals surface area contributed by atoms with E-state index in [0.717, 1.165) is 0 Å². The summed E-state index contributed by atoms with van der Waals surface area (Å²) < 4.78 is 7.60. The van der Waals surface area contributed by atoms with Crippen molar-refractivity contribution >= 4 is 47.1 Å². The van der Waals surface area contributed by atoms with Crippen molar-refractivity contribution in [2.24, 2.45) is 9.98 Å². The zero-order valence-corrected chi connectivity index (χ0v) is 21.2. The van der Waals surface area contributed by atoms with Gasteiger partial charge in [-0.2, -0.15) is 5.10 Å². The van der Waals surface area contributed by atoms with Gasteiger partial charge in [-0.1, -0.05) is 11.6 Å². The number of aryl methyl sites for hydroxylation is 1. The Morgan fingerprint density at radius 3 is 2.73 bits per heavy atom. The summed E-state index contributed by atoms with van der Waals surface area (Å²) in [6.45, 7) is 8.64. The van der Waals surface area contributed by atoms with Crippen molar-refractivity contribution in [3.8, 4) is 11.5 Å². The van der Waals surface area contributed by atoms with Gasteiger partial charge < -0.3 is 20.1 Å². The third-order valence-corrected chi connectivity index (χ3v) is 6.45. The fourth-order valence-electron chi connectivity index (χ4n) is 3.97. The number of ether oxygens (including phenoxy) is 1. The molecule has 0 saturated carbocycles. The van der Waals surface area contributed by atoms with Gasteiger partial charge in [0.25, 0.3) is 0 Å². The molecule has 3 aromatic heterocycles. The molecular formula is C25H26ClN9O2. The number of anilines is 2. The van der Waals surface area contributed by atoms with Crippen LogP contribution >= 0.6 is 11.6 Å². The molecule has 0 bridgehead atoms. The topological polar surface area (TPSA) is 125 Å². The fraction of sp³-hybridized carbons (Fsp3) is 0.280. The van der Waals surface area contributed by atoms with Crippen molar-refractivity contribution in [3.63, 3.8) is 0 Å². The summed E-state index contributed by atoms with van der Waals surface area (Å²) in [6.07, 6.45) is 5.95. The highest BCUT2D eigenvalue weighted by Crippen LogP contribution is 2.35. The number of aliphatic imine (C=N–C) groups is 2. The minimum atomic E-state index is -0.681. The summed E-state index contributed by atoms with van der Waals surface area (Å²) in [6, 6.07) is 8.91. The number of benzene rings is 1. The highest BCUT2D eigenvalue weighted by atomic mass is 35.5. The fourth-order valence-corrected chi connectivity index (χ4v) is 4.19. The molecule has 37 heavy (non-hydrogen) atoms. The van der Waals surface area contributed by atoms with Crippen molar-refractivity contribution in [2.45, 2.75) is 32.3 Å². The summed E-state index contributed by atoms with van der Waals surface area (Å²) in [7, 11) is 0. The summed E-state index contributed by atoms with van der Waals surface area (Å²) >= 11 is 6.54. The van der Waals surface area contributed by atoms with E-state index in [4.69, 9.17) is 21.3 Å². The molecule has 0 unspecified atom stereocenters. The summed E-state index contributed by atoms with van der Waals surface area (Å²) in [5, 5.41) is 18.0. The van der Waals surface area contributed by atoms with Crippen molar-refractivity contribution in [2.75, 3.05) is 18.4 Å². The van der Waals surface area contributed by atoms with E-state index < -0.39 is 5.60 Å². The van der Waals surface area contributed by atoms with Crippen molar-refractivity contribution < 1.29 is 9.84 Å². The second-order valence-corrected chi connectivity index (χ2v) is 9.41. The minimum Gasteiger partial charge on any atom is -0.456 e. The number of nitrogens with one attached hydrogen (secondary N) is 1. The van der Waals surface area contributed by atoms with E-state index in [0.29, 0.717) is 76.9 Å². The molecular weight excluding hydrogens is 494 g/mol. The molecule has 1 aliphatic rings. The van der Waals surface area contributed by atoms with Crippen LogP contribution in [0.4, 0.5) is 17.2 Å². The van der Waals surface area contributed by atoms with Crippen LogP contribution in [0.5, 0.6) is 11.5 Å². The number of rotatable bonds is 5. The Kier molecular flexibility index (Phi) is 6.72. The molecule has 0 amide bonds. The minimum absolute atomic E-state index is 0.413. The third kappa shape index (κ3) is 5.52. The lowest BCUT2D eigenvalue weighted by Crippen LogP contribution is -2.44. The largest absolute Gasteiger partial charge is 0.456 e. The van der Waals surface area contributed by atoms with Crippen molar-refractivity contribution in [1.82, 2.24) is 29.5 Å². The van der Waals surface area contributed by atoms with E-state index in [1.165, 1.54) is 12.7 Å². The number of aliphatic hydroxyl groups is 1. The van der Waals surface area contributed by atoms with Gasteiger partial charge in [-0.3, -0.25) is 0 Å². The van der Waals surface area contributed by atoms with Gasteiger partial charge in [0.1, 0.15) is 29.8 Å². The van der Waals surface area contributed by atoms with Gasteiger partial charge >= 0.3 is 0 Å². The smallest absolute Gasteiger partial charge is 0.225 e. The highest BCUT2D eigenvalue weighted by Gasteiger charge is 2.29. The standard InChI is InChI=1S/C25H26ClN9O2/c1-16-22(33-24(27-3)34-10-7-25(2,36)8-11-34)23(30-14-28-16)32-17-4-5-20(19(26)12-17)37-18-6-9-35-21(13-18)29-15-31-35/h4-6,9,12-15,36H,3,7-8,10-11H2,1-2H3,(H,28,30,32)/b33-24+. The maximum Gasteiger partial charge on any atom is 0.225 e. The molecule has 1 aromatic carbocycles. The lowest BCUT2D eigenvalue weighted by atomic mass is 9.94. The second-order valence-electron chi connectivity index (χ2n) is 9.01. The molecule has 5 rings (SSSR count). The summed E-state index contributed by atoms with van der Waals surface area (Å²) in [5.74, 6) is 2.05. The van der Waals surface area contributed by atoms with Crippen LogP contribution in [-0.2, 0) is 0 Å². The van der Waals surface area contributed by atoms with E-state index in [9.17, 15) is 5.11 Å². The Balaban J connectivity index is 1.36. The number of likely N-dealkylation sites (tertiary alicyclic amines) is 1. The Hall–Kier alpha value is -4.09. The first-order valence-corrected chi connectivity index (χ1v) is 12.1. The molecule has 1 saturated heterocycles. The first-order chi connectivity index (χ1) is 17.8. The van der Waals surface area contributed by atoms with Crippen LogP contribution in [0.25, 0.3) is 5.65 Å². The number of pyridine rings is 1. The Bertz CT molecular complexity index is 1470. The van der Waals surface area contributed by atoms with Crippen molar-refractivity contribution in [1.29, 1.82) is 0 Å². The molecule has 0 spiro atoms. The van der Waals surface area contributed by atoms with Gasteiger partial charge in [0.15, 0.2) is 11.5 Å².